The van der Waals surface area contributed by atoms with Gasteiger partial charge in [-0.2, -0.15) is 0 Å². The average Bonchev–Trinajstić information content (AvgIpc) is 2.84. The zero-order valence-corrected chi connectivity index (χ0v) is 11.3. The van der Waals surface area contributed by atoms with Crippen molar-refractivity contribution in [3.63, 3.8) is 0 Å². The molecule has 0 radical (unpaired) electrons. The number of ketones is 1. The van der Waals surface area contributed by atoms with E-state index in [1.807, 2.05) is 0 Å². The van der Waals surface area contributed by atoms with Gasteiger partial charge in [0, 0.05) is 18.2 Å². The van der Waals surface area contributed by atoms with Crippen molar-refractivity contribution in [1.29, 1.82) is 0 Å². The van der Waals surface area contributed by atoms with E-state index in [0.29, 0.717) is 5.16 Å². The molecule has 0 saturated heterocycles. The minimum Gasteiger partial charge on any atom is -0.312 e. The van der Waals surface area contributed by atoms with E-state index in [1.165, 1.54) is 42.1 Å². The predicted octanol–water partition coefficient (Wildman–Crippen LogP) is 3.24. The Labute approximate surface area is 118 Å². The highest BCUT2D eigenvalue weighted by Gasteiger charge is 2.09. The van der Waals surface area contributed by atoms with Crippen molar-refractivity contribution in [2.75, 3.05) is 0 Å². The van der Waals surface area contributed by atoms with Gasteiger partial charge in [0.2, 0.25) is 0 Å². The molecule has 0 saturated carbocycles. The molecule has 0 aliphatic carbocycles. The maximum absolute atomic E-state index is 12.5. The molecule has 0 N–H and O–H groups in total. The van der Waals surface area contributed by atoms with Crippen LogP contribution in [0.2, 0.25) is 0 Å². The van der Waals surface area contributed by atoms with Crippen LogP contribution in [0.15, 0.2) is 47.2 Å². The number of thioether (sulfide) groups is 1. The topological polar surface area (TPSA) is 47.8 Å². The van der Waals surface area contributed by atoms with Crippen LogP contribution in [0.5, 0.6) is 0 Å². The van der Waals surface area contributed by atoms with Crippen molar-refractivity contribution in [2.45, 2.75) is 11.6 Å². The van der Waals surface area contributed by atoms with E-state index >= 15 is 0 Å². The molecule has 0 bridgehead atoms. The third-order valence-corrected chi connectivity index (χ3v) is 3.34. The largest absolute Gasteiger partial charge is 0.312 e. The normalized spacial score (nSPS) is 11.4. The SMILES string of the molecule is Cn1cnnc1S/C=C/C(=O)c1cccc(C(F)F)c1. The third-order valence-electron chi connectivity index (χ3n) is 2.49. The van der Waals surface area contributed by atoms with Crippen molar-refractivity contribution in [3.8, 4) is 0 Å². The first kappa shape index (κ1) is 14.4. The summed E-state index contributed by atoms with van der Waals surface area (Å²) in [6.45, 7) is 0. The lowest BCUT2D eigenvalue weighted by molar-refractivity contribution is 0.104. The van der Waals surface area contributed by atoms with Crippen molar-refractivity contribution >= 4 is 17.5 Å². The average molecular weight is 295 g/mol. The summed E-state index contributed by atoms with van der Waals surface area (Å²) in [6, 6.07) is 5.44. The lowest BCUT2D eigenvalue weighted by atomic mass is 10.1. The number of nitrogens with zero attached hydrogens (tertiary/aromatic N) is 3. The molecule has 0 aliphatic rings. The lowest BCUT2D eigenvalue weighted by Gasteiger charge is -2.01. The Morgan fingerprint density at radius 1 is 1.45 bits per heavy atom. The number of allylic oxidation sites excluding steroid dienone is 1. The van der Waals surface area contributed by atoms with Crippen LogP contribution >= 0.6 is 11.8 Å². The highest BCUT2D eigenvalue weighted by atomic mass is 32.2. The number of hydrogen-bond donors (Lipinski definition) is 0. The second-order valence-electron chi connectivity index (χ2n) is 3.94. The maximum atomic E-state index is 12.5. The monoisotopic (exact) mass is 295 g/mol. The van der Waals surface area contributed by atoms with E-state index in [2.05, 4.69) is 10.2 Å². The van der Waals surface area contributed by atoms with Gasteiger partial charge < -0.3 is 4.57 Å². The van der Waals surface area contributed by atoms with Crippen LogP contribution in [-0.4, -0.2) is 20.5 Å². The summed E-state index contributed by atoms with van der Waals surface area (Å²) in [7, 11) is 1.78. The van der Waals surface area contributed by atoms with Crippen molar-refractivity contribution in [3.05, 3.63) is 53.2 Å². The van der Waals surface area contributed by atoms with Gasteiger partial charge in [-0.3, -0.25) is 4.79 Å². The zero-order chi connectivity index (χ0) is 14.5. The second kappa shape index (κ2) is 6.42. The Hall–Kier alpha value is -2.02. The molecule has 104 valence electrons. The number of aryl methyl sites for hydroxylation is 1. The predicted molar refractivity (Wildman–Crippen MR) is 71.7 cm³/mol. The standard InChI is InChI=1S/C13H11F2N3OS/c1-18-8-16-17-13(18)20-6-5-11(19)9-3-2-4-10(7-9)12(14)15/h2-8,12H,1H3/b6-5+. The summed E-state index contributed by atoms with van der Waals surface area (Å²) in [5.74, 6) is -0.331. The summed E-state index contributed by atoms with van der Waals surface area (Å²) in [5.41, 5.74) is 0.0721. The molecule has 0 unspecified atom stereocenters. The van der Waals surface area contributed by atoms with Gasteiger partial charge in [0.15, 0.2) is 10.9 Å². The summed E-state index contributed by atoms with van der Waals surface area (Å²) < 4.78 is 26.8. The molecule has 2 aromatic rings. The number of carbonyl (C=O) groups is 1. The van der Waals surface area contributed by atoms with Crippen LogP contribution in [0.25, 0.3) is 0 Å². The molecule has 0 atom stereocenters. The fourth-order valence-corrected chi connectivity index (χ4v) is 2.08. The number of aromatic nitrogens is 3. The minimum absolute atomic E-state index is 0.162. The van der Waals surface area contributed by atoms with Gasteiger partial charge in [0.1, 0.15) is 6.33 Å². The van der Waals surface area contributed by atoms with Gasteiger partial charge in [-0.25, -0.2) is 8.78 Å². The molecular formula is C13H11F2N3OS. The van der Waals surface area contributed by atoms with Gasteiger partial charge in [0.25, 0.3) is 6.43 Å². The van der Waals surface area contributed by atoms with Gasteiger partial charge in [-0.1, -0.05) is 30.0 Å². The molecule has 4 nitrogen and oxygen atoms in total. The van der Waals surface area contributed by atoms with E-state index < -0.39 is 6.43 Å². The smallest absolute Gasteiger partial charge is 0.263 e. The molecule has 1 aromatic heterocycles. The summed E-state index contributed by atoms with van der Waals surface area (Å²) in [4.78, 5) is 11.8. The number of rotatable bonds is 5. The Balaban J connectivity index is 2.04. The number of alkyl halides is 2. The Morgan fingerprint density at radius 3 is 2.90 bits per heavy atom. The van der Waals surface area contributed by atoms with Crippen molar-refractivity contribution < 1.29 is 13.6 Å². The number of hydrogen-bond acceptors (Lipinski definition) is 4. The third kappa shape index (κ3) is 3.51. The minimum atomic E-state index is -2.58. The summed E-state index contributed by atoms with van der Waals surface area (Å²) in [5, 5.41) is 9.73. The van der Waals surface area contributed by atoms with Gasteiger partial charge in [-0.15, -0.1) is 10.2 Å². The van der Waals surface area contributed by atoms with E-state index in [-0.39, 0.29) is 16.9 Å². The second-order valence-corrected chi connectivity index (χ2v) is 4.81. The molecule has 0 aliphatic heterocycles. The van der Waals surface area contributed by atoms with Crippen molar-refractivity contribution in [1.82, 2.24) is 14.8 Å². The van der Waals surface area contributed by atoms with Crippen LogP contribution in [0.3, 0.4) is 0 Å². The highest BCUT2D eigenvalue weighted by Crippen LogP contribution is 2.20. The Morgan fingerprint density at radius 2 is 2.25 bits per heavy atom. The molecule has 1 aromatic carbocycles. The Bertz CT molecular complexity index is 640. The molecule has 0 fully saturated rings. The Kier molecular flexibility index (Phi) is 4.62. The van der Waals surface area contributed by atoms with Crippen LogP contribution in [0, 0.1) is 0 Å². The zero-order valence-electron chi connectivity index (χ0n) is 10.5. The molecule has 0 spiro atoms. The number of benzene rings is 1. The van der Waals surface area contributed by atoms with Crippen LogP contribution < -0.4 is 0 Å². The molecule has 0 amide bonds. The van der Waals surface area contributed by atoms with Crippen LogP contribution in [0.1, 0.15) is 22.3 Å². The van der Waals surface area contributed by atoms with Gasteiger partial charge in [0.05, 0.1) is 0 Å². The first-order valence-corrected chi connectivity index (χ1v) is 6.55. The molecule has 20 heavy (non-hydrogen) atoms. The van der Waals surface area contributed by atoms with Crippen LogP contribution in [-0.2, 0) is 7.05 Å². The van der Waals surface area contributed by atoms with E-state index in [4.69, 9.17) is 0 Å². The maximum Gasteiger partial charge on any atom is 0.263 e. The van der Waals surface area contributed by atoms with E-state index in [0.717, 1.165) is 0 Å². The van der Waals surface area contributed by atoms with E-state index in [1.54, 1.807) is 23.4 Å². The lowest BCUT2D eigenvalue weighted by Crippen LogP contribution is -1.96. The first-order chi connectivity index (χ1) is 9.58. The molecule has 1 heterocycles. The first-order valence-electron chi connectivity index (χ1n) is 5.67. The molecular weight excluding hydrogens is 284 g/mol. The fraction of sp³-hybridized carbons (Fsp3) is 0.154. The van der Waals surface area contributed by atoms with Gasteiger partial charge in [-0.05, 0) is 17.6 Å². The number of halogens is 2. The highest BCUT2D eigenvalue weighted by molar-refractivity contribution is 8.02. The fourth-order valence-electron chi connectivity index (χ4n) is 1.46. The number of carbonyl (C=O) groups excluding carboxylic acids is 1. The quantitative estimate of drug-likeness (QED) is 0.482. The molecule has 2 rings (SSSR count). The molecule has 7 heteroatoms. The van der Waals surface area contributed by atoms with Crippen LogP contribution in [0.4, 0.5) is 8.78 Å². The van der Waals surface area contributed by atoms with Crippen molar-refractivity contribution in [2.24, 2.45) is 7.05 Å². The summed E-state index contributed by atoms with van der Waals surface area (Å²) >= 11 is 1.23. The van der Waals surface area contributed by atoms with E-state index in [9.17, 15) is 13.6 Å². The summed E-state index contributed by atoms with van der Waals surface area (Å²) in [6.07, 6.45) is 0.286. The van der Waals surface area contributed by atoms with Gasteiger partial charge >= 0.3 is 0 Å².